The van der Waals surface area contributed by atoms with Crippen LogP contribution in [0.2, 0.25) is 0 Å². The molecule has 6 heteroatoms. The number of ether oxygens (including phenoxy) is 1. The summed E-state index contributed by atoms with van der Waals surface area (Å²) in [5, 5.41) is 14.1. The van der Waals surface area contributed by atoms with E-state index in [2.05, 4.69) is 17.4 Å². The second-order valence-electron chi connectivity index (χ2n) is 4.51. The van der Waals surface area contributed by atoms with Crippen LogP contribution in [0.15, 0.2) is 36.4 Å². The number of hydrogen-bond donors (Lipinski definition) is 1. The molecule has 0 unspecified atom stereocenters. The molecule has 1 heterocycles. The maximum Gasteiger partial charge on any atom is 0.324 e. The first-order valence-electron chi connectivity index (χ1n) is 6.79. The molecule has 112 valence electrons. The minimum Gasteiger partial charge on any atom is -0.377 e. The summed E-state index contributed by atoms with van der Waals surface area (Å²) in [6.07, 6.45) is 0. The number of hydrogen-bond acceptors (Lipinski definition) is 5. The standard InChI is InChI=1S/C15H18N2O3S/c1-2-20-11-13-6-4-3-5-12(13)9-16-10-14-7-8-15(21-14)17(18)19/h3-8,16H,2,9-11H2,1H3. The van der Waals surface area contributed by atoms with Gasteiger partial charge in [0.15, 0.2) is 0 Å². The molecule has 1 aromatic carbocycles. The van der Waals surface area contributed by atoms with Crippen molar-refractivity contribution in [2.45, 2.75) is 26.6 Å². The lowest BCUT2D eigenvalue weighted by molar-refractivity contribution is -0.380. The quantitative estimate of drug-likeness (QED) is 0.599. The minimum atomic E-state index is -0.356. The summed E-state index contributed by atoms with van der Waals surface area (Å²) in [5.41, 5.74) is 2.36. The third-order valence-corrected chi connectivity index (χ3v) is 4.06. The molecular weight excluding hydrogens is 288 g/mol. The molecule has 2 aromatic rings. The topological polar surface area (TPSA) is 64.4 Å². The van der Waals surface area contributed by atoms with E-state index >= 15 is 0 Å². The van der Waals surface area contributed by atoms with Crippen LogP contribution in [0.3, 0.4) is 0 Å². The number of thiophene rings is 1. The highest BCUT2D eigenvalue weighted by Crippen LogP contribution is 2.23. The Labute approximate surface area is 127 Å². The molecule has 0 spiro atoms. The molecule has 1 N–H and O–H groups in total. The molecular formula is C15H18N2O3S. The van der Waals surface area contributed by atoms with Crippen molar-refractivity contribution < 1.29 is 9.66 Å². The molecule has 5 nitrogen and oxygen atoms in total. The Kier molecular flexibility index (Phi) is 5.86. The third-order valence-electron chi connectivity index (χ3n) is 3.02. The first-order valence-corrected chi connectivity index (χ1v) is 7.60. The van der Waals surface area contributed by atoms with Gasteiger partial charge in [-0.1, -0.05) is 35.6 Å². The van der Waals surface area contributed by atoms with Crippen LogP contribution in [0.25, 0.3) is 0 Å². The molecule has 0 saturated heterocycles. The predicted molar refractivity (Wildman–Crippen MR) is 83.3 cm³/mol. The van der Waals surface area contributed by atoms with E-state index < -0.39 is 0 Å². The Hall–Kier alpha value is -1.76. The van der Waals surface area contributed by atoms with Gasteiger partial charge in [0.25, 0.3) is 0 Å². The number of nitrogens with one attached hydrogen (secondary N) is 1. The van der Waals surface area contributed by atoms with Gasteiger partial charge in [0.1, 0.15) is 0 Å². The van der Waals surface area contributed by atoms with Crippen molar-refractivity contribution in [2.75, 3.05) is 6.61 Å². The molecule has 0 amide bonds. The van der Waals surface area contributed by atoms with E-state index in [4.69, 9.17) is 4.74 Å². The van der Waals surface area contributed by atoms with Gasteiger partial charge < -0.3 is 10.1 Å². The Morgan fingerprint density at radius 1 is 1.19 bits per heavy atom. The zero-order chi connectivity index (χ0) is 15.1. The molecule has 0 aliphatic carbocycles. The van der Waals surface area contributed by atoms with Gasteiger partial charge >= 0.3 is 5.00 Å². The van der Waals surface area contributed by atoms with Crippen molar-refractivity contribution >= 4 is 16.3 Å². The molecule has 1 aromatic heterocycles. The van der Waals surface area contributed by atoms with Crippen LogP contribution < -0.4 is 5.32 Å². The second-order valence-corrected chi connectivity index (χ2v) is 5.65. The van der Waals surface area contributed by atoms with E-state index in [0.717, 1.165) is 11.4 Å². The van der Waals surface area contributed by atoms with Crippen molar-refractivity contribution in [2.24, 2.45) is 0 Å². The van der Waals surface area contributed by atoms with Crippen molar-refractivity contribution in [1.82, 2.24) is 5.32 Å². The van der Waals surface area contributed by atoms with E-state index in [1.807, 2.05) is 19.1 Å². The van der Waals surface area contributed by atoms with Gasteiger partial charge in [0.2, 0.25) is 0 Å². The minimum absolute atomic E-state index is 0.184. The van der Waals surface area contributed by atoms with Crippen molar-refractivity contribution in [1.29, 1.82) is 0 Å². The van der Waals surface area contributed by atoms with Crippen LogP contribution in [0.5, 0.6) is 0 Å². The zero-order valence-corrected chi connectivity index (χ0v) is 12.7. The first-order chi connectivity index (χ1) is 10.2. The lowest BCUT2D eigenvalue weighted by Gasteiger charge is -2.10. The van der Waals surface area contributed by atoms with Crippen LogP contribution in [0.4, 0.5) is 5.00 Å². The highest BCUT2D eigenvalue weighted by atomic mass is 32.1. The number of nitrogens with zero attached hydrogens (tertiary/aromatic N) is 1. The van der Waals surface area contributed by atoms with Crippen molar-refractivity contribution in [3.63, 3.8) is 0 Å². The molecule has 0 radical (unpaired) electrons. The van der Waals surface area contributed by atoms with Gasteiger partial charge in [-0.15, -0.1) is 0 Å². The monoisotopic (exact) mass is 306 g/mol. The number of benzene rings is 1. The summed E-state index contributed by atoms with van der Waals surface area (Å²) in [7, 11) is 0. The lowest BCUT2D eigenvalue weighted by atomic mass is 10.1. The van der Waals surface area contributed by atoms with Gasteiger partial charge in [-0.25, -0.2) is 0 Å². The highest BCUT2D eigenvalue weighted by Gasteiger charge is 2.09. The fourth-order valence-corrected chi connectivity index (χ4v) is 2.75. The third kappa shape index (κ3) is 4.63. The largest absolute Gasteiger partial charge is 0.377 e. The lowest BCUT2D eigenvalue weighted by Crippen LogP contribution is -2.13. The Bertz CT molecular complexity index is 598. The Balaban J connectivity index is 1.89. The fourth-order valence-electron chi connectivity index (χ4n) is 1.96. The summed E-state index contributed by atoms with van der Waals surface area (Å²) in [6.45, 7) is 4.63. The maximum atomic E-state index is 10.6. The average molecular weight is 306 g/mol. The van der Waals surface area contributed by atoms with Crippen LogP contribution in [0.1, 0.15) is 22.9 Å². The summed E-state index contributed by atoms with van der Waals surface area (Å²) in [5.74, 6) is 0. The molecule has 21 heavy (non-hydrogen) atoms. The first kappa shape index (κ1) is 15.6. The zero-order valence-electron chi connectivity index (χ0n) is 11.9. The van der Waals surface area contributed by atoms with E-state index in [1.54, 1.807) is 12.1 Å². The molecule has 0 aliphatic rings. The molecule has 0 fully saturated rings. The van der Waals surface area contributed by atoms with Gasteiger partial charge in [0.05, 0.1) is 11.5 Å². The number of nitro groups is 1. The van der Waals surface area contributed by atoms with Crippen LogP contribution in [-0.2, 0) is 24.4 Å². The molecule has 0 atom stereocenters. The van der Waals surface area contributed by atoms with Crippen LogP contribution in [0, 0.1) is 10.1 Å². The van der Waals surface area contributed by atoms with Gasteiger partial charge in [-0.2, -0.15) is 0 Å². The van der Waals surface area contributed by atoms with E-state index in [-0.39, 0.29) is 9.92 Å². The average Bonchev–Trinajstić information content (AvgIpc) is 2.95. The second kappa shape index (κ2) is 7.87. The van der Waals surface area contributed by atoms with E-state index in [1.165, 1.54) is 22.5 Å². The molecule has 2 rings (SSSR count). The van der Waals surface area contributed by atoms with Crippen molar-refractivity contribution in [3.8, 4) is 0 Å². The van der Waals surface area contributed by atoms with Gasteiger partial charge in [-0.05, 0) is 24.1 Å². The van der Waals surface area contributed by atoms with E-state index in [0.29, 0.717) is 19.8 Å². The Morgan fingerprint density at radius 3 is 2.62 bits per heavy atom. The smallest absolute Gasteiger partial charge is 0.324 e. The SMILES string of the molecule is CCOCc1ccccc1CNCc1ccc([N+](=O)[O-])s1. The van der Waals surface area contributed by atoms with E-state index in [9.17, 15) is 10.1 Å². The summed E-state index contributed by atoms with van der Waals surface area (Å²) in [6, 6.07) is 11.5. The molecule has 0 aliphatic heterocycles. The summed E-state index contributed by atoms with van der Waals surface area (Å²) >= 11 is 1.21. The van der Waals surface area contributed by atoms with Crippen molar-refractivity contribution in [3.05, 3.63) is 62.5 Å². The van der Waals surface area contributed by atoms with Crippen LogP contribution in [-0.4, -0.2) is 11.5 Å². The van der Waals surface area contributed by atoms with Gasteiger partial charge in [0, 0.05) is 30.6 Å². The maximum absolute atomic E-state index is 10.6. The molecule has 0 saturated carbocycles. The predicted octanol–water partition coefficient (Wildman–Crippen LogP) is 3.48. The fraction of sp³-hybridized carbons (Fsp3) is 0.333. The normalized spacial score (nSPS) is 10.7. The van der Waals surface area contributed by atoms with Crippen LogP contribution >= 0.6 is 11.3 Å². The summed E-state index contributed by atoms with van der Waals surface area (Å²) in [4.78, 5) is 11.2. The molecule has 0 bridgehead atoms. The van der Waals surface area contributed by atoms with Gasteiger partial charge in [-0.3, -0.25) is 10.1 Å². The number of rotatable bonds is 8. The summed E-state index contributed by atoms with van der Waals surface area (Å²) < 4.78 is 5.45. The highest BCUT2D eigenvalue weighted by molar-refractivity contribution is 7.15. The Morgan fingerprint density at radius 2 is 1.95 bits per heavy atom.